The van der Waals surface area contributed by atoms with E-state index >= 15 is 0 Å². The van der Waals surface area contributed by atoms with Crippen LogP contribution in [0.1, 0.15) is 17.2 Å². The van der Waals surface area contributed by atoms with E-state index in [1.807, 2.05) is 41.4 Å². The van der Waals surface area contributed by atoms with Crippen molar-refractivity contribution >= 4 is 35.2 Å². The number of methoxy groups -OCH3 is 1. The first-order valence-electron chi connectivity index (χ1n) is 12.3. The van der Waals surface area contributed by atoms with E-state index in [-0.39, 0.29) is 18.6 Å². The highest BCUT2D eigenvalue weighted by molar-refractivity contribution is 6.24. The lowest BCUT2D eigenvalue weighted by Gasteiger charge is -2.35. The monoisotopic (exact) mass is 509 g/mol. The van der Waals surface area contributed by atoms with Gasteiger partial charge >= 0.3 is 0 Å². The molecule has 9 nitrogen and oxygen atoms in total. The molecular weight excluding hydrogens is 486 g/mol. The molecule has 9 heteroatoms. The molecule has 0 aromatic heterocycles. The molecule has 0 bridgehead atoms. The summed E-state index contributed by atoms with van der Waals surface area (Å²) < 4.78 is 16.1. The normalized spacial score (nSPS) is 24.2. The molecule has 4 aliphatic heterocycles. The predicted molar refractivity (Wildman–Crippen MR) is 138 cm³/mol. The third-order valence-corrected chi connectivity index (χ3v) is 7.70. The molecule has 4 atom stereocenters. The van der Waals surface area contributed by atoms with E-state index in [0.29, 0.717) is 28.6 Å². The fraction of sp³-hybridized carbons (Fsp3) is 0.207. The second-order valence-corrected chi connectivity index (χ2v) is 9.60. The first-order valence-corrected chi connectivity index (χ1v) is 12.3. The SMILES string of the molecule is COc1ccc(NC(=O)[C@@H]2[C@@H]3C(=O)N(c4ccc5c(c4)OCO5)C(=O)[C@@H]3C3c4ccccc4C=CN32)cc1. The summed E-state index contributed by atoms with van der Waals surface area (Å²) in [6.07, 6.45) is 3.75. The Morgan fingerprint density at radius 2 is 1.71 bits per heavy atom. The molecular formula is C29H23N3O6. The zero-order valence-corrected chi connectivity index (χ0v) is 20.4. The van der Waals surface area contributed by atoms with Gasteiger partial charge < -0.3 is 24.4 Å². The molecule has 0 aliphatic carbocycles. The lowest BCUT2D eigenvalue weighted by molar-refractivity contribution is -0.128. The second kappa shape index (κ2) is 8.37. The van der Waals surface area contributed by atoms with Crippen molar-refractivity contribution in [2.75, 3.05) is 24.1 Å². The minimum atomic E-state index is -0.882. The summed E-state index contributed by atoms with van der Waals surface area (Å²) in [6, 6.07) is 18.4. The summed E-state index contributed by atoms with van der Waals surface area (Å²) in [5, 5.41) is 2.94. The van der Waals surface area contributed by atoms with Crippen molar-refractivity contribution < 1.29 is 28.6 Å². The van der Waals surface area contributed by atoms with Crippen LogP contribution in [0.3, 0.4) is 0 Å². The van der Waals surface area contributed by atoms with Crippen LogP contribution in [0.2, 0.25) is 0 Å². The van der Waals surface area contributed by atoms with Crippen LogP contribution in [0.15, 0.2) is 72.9 Å². The Morgan fingerprint density at radius 1 is 0.947 bits per heavy atom. The van der Waals surface area contributed by atoms with Gasteiger partial charge in [-0.05, 0) is 53.6 Å². The minimum Gasteiger partial charge on any atom is -0.497 e. The molecule has 3 aromatic carbocycles. The maximum atomic E-state index is 14.0. The number of carbonyl (C=O) groups excluding carboxylic acids is 3. The number of benzene rings is 3. The zero-order chi connectivity index (χ0) is 26.0. The van der Waals surface area contributed by atoms with Crippen LogP contribution in [0, 0.1) is 11.8 Å². The third-order valence-electron chi connectivity index (χ3n) is 7.70. The molecule has 0 spiro atoms. The van der Waals surface area contributed by atoms with E-state index in [1.54, 1.807) is 49.6 Å². The summed E-state index contributed by atoms with van der Waals surface area (Å²) in [4.78, 5) is 44.8. The van der Waals surface area contributed by atoms with Gasteiger partial charge in [0.25, 0.3) is 0 Å². The lowest BCUT2D eigenvalue weighted by atomic mass is 9.84. The standard InChI is InChI=1S/C29H23N3O6/c1-36-19-9-6-17(7-10-19)30-27(33)26-24-23(25-20-5-3-2-4-16(20)12-13-31(25)26)28(34)32(29(24)35)18-8-11-21-22(14-18)38-15-37-21/h2-14,23-26H,15H2,1H3,(H,30,33)/t23-,24+,25?,26-/m0/s1. The lowest BCUT2D eigenvalue weighted by Crippen LogP contribution is -2.46. The van der Waals surface area contributed by atoms with Gasteiger partial charge in [0.05, 0.1) is 30.7 Å². The van der Waals surface area contributed by atoms with E-state index in [0.717, 1.165) is 11.1 Å². The van der Waals surface area contributed by atoms with E-state index in [1.165, 1.54) is 4.90 Å². The molecule has 1 unspecified atom stereocenters. The number of nitrogens with zero attached hydrogens (tertiary/aromatic N) is 2. The van der Waals surface area contributed by atoms with Crippen molar-refractivity contribution in [2.45, 2.75) is 12.1 Å². The van der Waals surface area contributed by atoms with Crippen LogP contribution in [0.4, 0.5) is 11.4 Å². The minimum absolute atomic E-state index is 0.0830. The highest BCUT2D eigenvalue weighted by Gasteiger charge is 2.64. The summed E-state index contributed by atoms with van der Waals surface area (Å²) in [6.45, 7) is 0.0830. The van der Waals surface area contributed by atoms with Gasteiger partial charge in [0.2, 0.25) is 24.5 Å². The number of amides is 3. The molecule has 4 heterocycles. The van der Waals surface area contributed by atoms with Gasteiger partial charge in [0, 0.05) is 18.0 Å². The Hall–Kier alpha value is -4.79. The van der Waals surface area contributed by atoms with Crippen molar-refractivity contribution in [3.63, 3.8) is 0 Å². The fourth-order valence-electron chi connectivity index (χ4n) is 6.03. The Morgan fingerprint density at radius 3 is 2.53 bits per heavy atom. The Kier molecular flexibility index (Phi) is 4.94. The molecule has 7 rings (SSSR count). The molecule has 2 saturated heterocycles. The van der Waals surface area contributed by atoms with Crippen LogP contribution < -0.4 is 24.4 Å². The molecule has 0 radical (unpaired) electrons. The number of rotatable bonds is 4. The van der Waals surface area contributed by atoms with Gasteiger partial charge in [0.1, 0.15) is 11.8 Å². The molecule has 4 aliphatic rings. The van der Waals surface area contributed by atoms with E-state index in [9.17, 15) is 14.4 Å². The zero-order valence-electron chi connectivity index (χ0n) is 20.4. The fourth-order valence-corrected chi connectivity index (χ4v) is 6.03. The van der Waals surface area contributed by atoms with Crippen molar-refractivity contribution in [1.29, 1.82) is 0 Å². The number of hydrogen-bond donors (Lipinski definition) is 1. The summed E-state index contributed by atoms with van der Waals surface area (Å²) in [7, 11) is 1.57. The van der Waals surface area contributed by atoms with Crippen LogP contribution in [0.5, 0.6) is 17.2 Å². The molecule has 38 heavy (non-hydrogen) atoms. The van der Waals surface area contributed by atoms with Gasteiger partial charge in [-0.3, -0.25) is 14.4 Å². The largest absolute Gasteiger partial charge is 0.497 e. The predicted octanol–water partition coefficient (Wildman–Crippen LogP) is 3.58. The molecule has 190 valence electrons. The first-order chi connectivity index (χ1) is 18.5. The highest BCUT2D eigenvalue weighted by Crippen LogP contribution is 2.53. The quantitative estimate of drug-likeness (QED) is 0.537. The topological polar surface area (TPSA) is 97.4 Å². The van der Waals surface area contributed by atoms with Gasteiger partial charge in [-0.1, -0.05) is 24.3 Å². The van der Waals surface area contributed by atoms with Gasteiger partial charge in [0.15, 0.2) is 11.5 Å². The first kappa shape index (κ1) is 22.4. The maximum Gasteiger partial charge on any atom is 0.247 e. The average Bonchev–Trinajstić information content (AvgIpc) is 3.62. The highest BCUT2D eigenvalue weighted by atomic mass is 16.7. The average molecular weight is 510 g/mol. The number of ether oxygens (including phenoxy) is 3. The van der Waals surface area contributed by atoms with Gasteiger partial charge in [-0.25, -0.2) is 4.90 Å². The maximum absolute atomic E-state index is 14.0. The van der Waals surface area contributed by atoms with Crippen LogP contribution >= 0.6 is 0 Å². The van der Waals surface area contributed by atoms with E-state index < -0.39 is 29.8 Å². The van der Waals surface area contributed by atoms with Crippen LogP contribution in [0.25, 0.3) is 6.08 Å². The molecule has 2 fully saturated rings. The van der Waals surface area contributed by atoms with Crippen molar-refractivity contribution in [3.8, 4) is 17.2 Å². The van der Waals surface area contributed by atoms with Gasteiger partial charge in [-0.2, -0.15) is 0 Å². The van der Waals surface area contributed by atoms with Gasteiger partial charge in [-0.15, -0.1) is 0 Å². The second-order valence-electron chi connectivity index (χ2n) is 9.60. The number of hydrogen-bond acceptors (Lipinski definition) is 7. The Balaban J connectivity index is 1.29. The van der Waals surface area contributed by atoms with Crippen LogP contribution in [-0.4, -0.2) is 42.6 Å². The molecule has 1 N–H and O–H groups in total. The summed E-state index contributed by atoms with van der Waals surface area (Å²) >= 11 is 0. The Bertz CT molecular complexity index is 1520. The Labute approximate surface area is 218 Å². The summed E-state index contributed by atoms with van der Waals surface area (Å²) in [5.41, 5.74) is 2.85. The van der Waals surface area contributed by atoms with Crippen molar-refractivity contribution in [3.05, 3.63) is 84.1 Å². The third kappa shape index (κ3) is 3.21. The molecule has 3 amide bonds. The smallest absolute Gasteiger partial charge is 0.247 e. The number of fused-ring (bicyclic) bond motifs is 6. The number of carbonyl (C=O) groups is 3. The number of anilines is 2. The van der Waals surface area contributed by atoms with E-state index in [2.05, 4.69) is 5.32 Å². The molecule has 3 aromatic rings. The number of imide groups is 1. The van der Waals surface area contributed by atoms with Crippen molar-refractivity contribution in [2.24, 2.45) is 11.8 Å². The van der Waals surface area contributed by atoms with Crippen LogP contribution in [-0.2, 0) is 14.4 Å². The van der Waals surface area contributed by atoms with Crippen molar-refractivity contribution in [1.82, 2.24) is 4.90 Å². The molecule has 0 saturated carbocycles. The summed E-state index contributed by atoms with van der Waals surface area (Å²) in [5.74, 6) is -1.00. The number of nitrogens with one attached hydrogen (secondary N) is 1. The van der Waals surface area contributed by atoms with E-state index in [4.69, 9.17) is 14.2 Å².